The number of hydrogen-bond donors (Lipinski definition) is 0. The molecule has 1 amide bonds. The molecule has 0 saturated heterocycles. The smallest absolute Gasteiger partial charge is 0.325 e. The lowest BCUT2D eigenvalue weighted by atomic mass is 10.1. The summed E-state index contributed by atoms with van der Waals surface area (Å²) in [6.45, 7) is 2.17. The fraction of sp³-hybridized carbons (Fsp3) is 0.385. The molecule has 1 rings (SSSR count). The summed E-state index contributed by atoms with van der Waals surface area (Å²) in [4.78, 5) is 13.3. The van der Waals surface area contributed by atoms with E-state index in [0.717, 1.165) is 24.3 Å². The van der Waals surface area contributed by atoms with E-state index in [1.807, 2.05) is 13.0 Å². The lowest BCUT2D eigenvalue weighted by Gasteiger charge is -2.18. The van der Waals surface area contributed by atoms with Gasteiger partial charge in [0.15, 0.2) is 0 Å². The first kappa shape index (κ1) is 15.0. The summed E-state index contributed by atoms with van der Waals surface area (Å²) >= 11 is 0. The van der Waals surface area contributed by atoms with Crippen LogP contribution in [0.25, 0.3) is 0 Å². The molecule has 0 heterocycles. The molecule has 0 radical (unpaired) electrons. The number of carbonyl (C=O) groups is 1. The van der Waals surface area contributed by atoms with E-state index in [1.165, 1.54) is 4.90 Å². The minimum absolute atomic E-state index is 0.0757. The highest BCUT2D eigenvalue weighted by Crippen LogP contribution is 2.29. The molecule has 3 nitrogen and oxygen atoms in total. The van der Waals surface area contributed by atoms with Crippen LogP contribution in [0, 0.1) is 11.3 Å². The van der Waals surface area contributed by atoms with Crippen molar-refractivity contribution < 1.29 is 18.0 Å². The van der Waals surface area contributed by atoms with Crippen molar-refractivity contribution in [2.75, 3.05) is 13.1 Å². The van der Waals surface area contributed by atoms with Crippen molar-refractivity contribution in [2.24, 2.45) is 0 Å². The maximum absolute atomic E-state index is 12.4. The molecule has 19 heavy (non-hydrogen) atoms. The third kappa shape index (κ3) is 3.98. The predicted octanol–water partition coefficient (Wildman–Crippen LogP) is 3.08. The Labute approximate surface area is 109 Å². The van der Waals surface area contributed by atoms with Gasteiger partial charge in [0, 0.05) is 12.1 Å². The number of benzene rings is 1. The van der Waals surface area contributed by atoms with E-state index in [2.05, 4.69) is 0 Å². The molecule has 0 atom stereocenters. The number of hydrogen-bond acceptors (Lipinski definition) is 2. The van der Waals surface area contributed by atoms with Crippen LogP contribution in [-0.2, 0) is 6.18 Å². The maximum Gasteiger partial charge on any atom is 0.416 e. The number of nitriles is 1. The molecule has 0 N–H and O–H groups in total. The Morgan fingerprint density at radius 2 is 1.89 bits per heavy atom. The molecular weight excluding hydrogens is 257 g/mol. The van der Waals surface area contributed by atoms with Crippen molar-refractivity contribution in [1.29, 1.82) is 5.26 Å². The molecular formula is C13H13F3N2O. The molecule has 0 bridgehead atoms. The van der Waals surface area contributed by atoms with Crippen LogP contribution in [0.1, 0.15) is 29.3 Å². The van der Waals surface area contributed by atoms with Gasteiger partial charge in [-0.3, -0.25) is 4.79 Å². The number of nitrogens with zero attached hydrogens (tertiary/aromatic N) is 2. The Kier molecular flexibility index (Phi) is 4.93. The molecule has 0 aliphatic carbocycles. The SMILES string of the molecule is CCCN(CC#N)C(=O)c1ccc(C(F)(F)F)cc1. The van der Waals surface area contributed by atoms with Crippen LogP contribution >= 0.6 is 0 Å². The van der Waals surface area contributed by atoms with Crippen LogP contribution in [-0.4, -0.2) is 23.9 Å². The van der Waals surface area contributed by atoms with Crippen LogP contribution in [0.3, 0.4) is 0 Å². The minimum atomic E-state index is -4.42. The third-order valence-electron chi connectivity index (χ3n) is 2.50. The first-order chi connectivity index (χ1) is 8.90. The summed E-state index contributed by atoms with van der Waals surface area (Å²) in [6.07, 6.45) is -3.74. The Morgan fingerprint density at radius 3 is 2.32 bits per heavy atom. The number of alkyl halides is 3. The summed E-state index contributed by atoms with van der Waals surface area (Å²) in [6, 6.07) is 5.85. The summed E-state index contributed by atoms with van der Waals surface area (Å²) in [5, 5.41) is 8.62. The molecule has 102 valence electrons. The van der Waals surface area contributed by atoms with Gasteiger partial charge >= 0.3 is 6.18 Å². The van der Waals surface area contributed by atoms with Gasteiger partial charge < -0.3 is 4.90 Å². The standard InChI is InChI=1S/C13H13F3N2O/c1-2-8-18(9-7-17)12(19)10-3-5-11(6-4-10)13(14,15)16/h3-6H,2,8-9H2,1H3. The molecule has 1 aromatic carbocycles. The second kappa shape index (κ2) is 6.23. The second-order valence-corrected chi connectivity index (χ2v) is 3.96. The number of rotatable bonds is 4. The highest BCUT2D eigenvalue weighted by Gasteiger charge is 2.30. The molecule has 0 fully saturated rings. The summed E-state index contributed by atoms with van der Waals surface area (Å²) in [5.41, 5.74) is -0.650. The van der Waals surface area contributed by atoms with Gasteiger partial charge in [0.2, 0.25) is 0 Å². The van der Waals surface area contributed by atoms with Gasteiger partial charge in [0.05, 0.1) is 11.6 Å². The topological polar surface area (TPSA) is 44.1 Å². The molecule has 0 saturated carbocycles. The molecule has 0 unspecified atom stereocenters. The van der Waals surface area contributed by atoms with Gasteiger partial charge in [-0.1, -0.05) is 6.92 Å². The third-order valence-corrected chi connectivity index (χ3v) is 2.50. The number of halogens is 3. The van der Waals surface area contributed by atoms with Crippen molar-refractivity contribution in [2.45, 2.75) is 19.5 Å². The summed E-state index contributed by atoms with van der Waals surface area (Å²) < 4.78 is 37.1. The van der Waals surface area contributed by atoms with Crippen LogP contribution in [0.5, 0.6) is 0 Å². The van der Waals surface area contributed by atoms with Crippen molar-refractivity contribution in [1.82, 2.24) is 4.90 Å². The zero-order valence-corrected chi connectivity index (χ0v) is 10.4. The van der Waals surface area contributed by atoms with Gasteiger partial charge in [-0.25, -0.2) is 0 Å². The number of carbonyl (C=O) groups excluding carboxylic acids is 1. The average molecular weight is 270 g/mol. The fourth-order valence-electron chi connectivity index (χ4n) is 1.59. The van der Waals surface area contributed by atoms with E-state index in [9.17, 15) is 18.0 Å². The lowest BCUT2D eigenvalue weighted by Crippen LogP contribution is -2.32. The van der Waals surface area contributed by atoms with E-state index in [0.29, 0.717) is 13.0 Å². The van der Waals surface area contributed by atoms with Crippen molar-refractivity contribution in [3.8, 4) is 6.07 Å². The molecule has 1 aromatic rings. The zero-order chi connectivity index (χ0) is 14.5. The van der Waals surface area contributed by atoms with E-state index < -0.39 is 17.6 Å². The van der Waals surface area contributed by atoms with Gasteiger partial charge in [-0.15, -0.1) is 0 Å². The Bertz CT molecular complexity index is 474. The quantitative estimate of drug-likeness (QED) is 0.789. The zero-order valence-electron chi connectivity index (χ0n) is 10.4. The summed E-state index contributed by atoms with van der Waals surface area (Å²) in [5.74, 6) is -0.433. The molecule has 0 aliphatic heterocycles. The van der Waals surface area contributed by atoms with Crippen LogP contribution in [0.2, 0.25) is 0 Å². The highest BCUT2D eigenvalue weighted by molar-refractivity contribution is 5.94. The van der Waals surface area contributed by atoms with E-state index in [1.54, 1.807) is 0 Å². The minimum Gasteiger partial charge on any atom is -0.325 e. The van der Waals surface area contributed by atoms with Crippen molar-refractivity contribution >= 4 is 5.91 Å². The normalized spacial score (nSPS) is 10.9. The van der Waals surface area contributed by atoms with Crippen molar-refractivity contribution in [3.05, 3.63) is 35.4 Å². The monoisotopic (exact) mass is 270 g/mol. The van der Waals surface area contributed by atoms with Gasteiger partial charge in [0.1, 0.15) is 6.54 Å². The molecule has 6 heteroatoms. The summed E-state index contributed by atoms with van der Waals surface area (Å²) in [7, 11) is 0. The largest absolute Gasteiger partial charge is 0.416 e. The van der Waals surface area contributed by atoms with E-state index >= 15 is 0 Å². The maximum atomic E-state index is 12.4. The molecule has 0 aromatic heterocycles. The lowest BCUT2D eigenvalue weighted by molar-refractivity contribution is -0.137. The van der Waals surface area contributed by atoms with Gasteiger partial charge in [0.25, 0.3) is 5.91 Å². The Balaban J connectivity index is 2.91. The van der Waals surface area contributed by atoms with Gasteiger partial charge in [-0.05, 0) is 30.7 Å². The first-order valence-corrected chi connectivity index (χ1v) is 5.73. The average Bonchev–Trinajstić information content (AvgIpc) is 2.37. The van der Waals surface area contributed by atoms with Crippen molar-refractivity contribution in [3.63, 3.8) is 0 Å². The molecule has 0 aliphatic rings. The van der Waals surface area contributed by atoms with Crippen LogP contribution in [0.15, 0.2) is 24.3 Å². The van der Waals surface area contributed by atoms with E-state index in [4.69, 9.17) is 5.26 Å². The first-order valence-electron chi connectivity index (χ1n) is 5.73. The number of amides is 1. The van der Waals surface area contributed by atoms with Crippen LogP contribution < -0.4 is 0 Å². The fourth-order valence-corrected chi connectivity index (χ4v) is 1.59. The highest BCUT2D eigenvalue weighted by atomic mass is 19.4. The van der Waals surface area contributed by atoms with Gasteiger partial charge in [-0.2, -0.15) is 18.4 Å². The Morgan fingerprint density at radius 1 is 1.32 bits per heavy atom. The molecule has 0 spiro atoms. The van der Waals surface area contributed by atoms with E-state index in [-0.39, 0.29) is 12.1 Å². The van der Waals surface area contributed by atoms with Crippen LogP contribution in [0.4, 0.5) is 13.2 Å². The second-order valence-electron chi connectivity index (χ2n) is 3.96. The Hall–Kier alpha value is -2.03. The predicted molar refractivity (Wildman–Crippen MR) is 63.3 cm³/mol.